The third-order valence-electron chi connectivity index (χ3n) is 5.57. The maximum absolute atomic E-state index is 13.9. The van der Waals surface area contributed by atoms with E-state index in [4.69, 9.17) is 26.2 Å². The number of carbonyl (C=O) groups excluding carboxylic acids is 1. The minimum absolute atomic E-state index is 0.186. The summed E-state index contributed by atoms with van der Waals surface area (Å²) in [7, 11) is 3.14. The number of aromatic nitrogens is 3. The highest BCUT2D eigenvalue weighted by atomic mass is 35.5. The first-order valence-corrected chi connectivity index (χ1v) is 11.6. The van der Waals surface area contributed by atoms with Crippen molar-refractivity contribution in [3.05, 3.63) is 89.3 Å². The molecule has 0 atom stereocenters. The Morgan fingerprint density at radius 3 is 2.64 bits per heavy atom. The van der Waals surface area contributed by atoms with Crippen LogP contribution in [0.5, 0.6) is 11.5 Å². The Kier molecular flexibility index (Phi) is 7.83. The zero-order chi connectivity index (χ0) is 25.5. The average molecular weight is 502 g/mol. The van der Waals surface area contributed by atoms with Crippen LogP contribution in [0.25, 0.3) is 16.9 Å². The van der Waals surface area contributed by atoms with E-state index in [1.54, 1.807) is 61.8 Å². The molecule has 2 aromatic carbocycles. The van der Waals surface area contributed by atoms with E-state index in [0.717, 1.165) is 5.56 Å². The fraction of sp³-hybridized carbons (Fsp3) is 0.185. The molecule has 0 aliphatic rings. The molecule has 0 aliphatic carbocycles. The van der Waals surface area contributed by atoms with Crippen molar-refractivity contribution in [2.45, 2.75) is 13.0 Å². The van der Waals surface area contributed by atoms with Crippen LogP contribution in [0, 0.1) is 11.3 Å². The number of methoxy groups -OCH3 is 2. The fourth-order valence-electron chi connectivity index (χ4n) is 3.79. The van der Waals surface area contributed by atoms with Gasteiger partial charge in [-0.15, -0.1) is 0 Å². The molecule has 4 aromatic rings. The molecule has 2 heterocycles. The van der Waals surface area contributed by atoms with Crippen molar-refractivity contribution < 1.29 is 14.3 Å². The maximum atomic E-state index is 13.9. The monoisotopic (exact) mass is 501 g/mol. The van der Waals surface area contributed by atoms with E-state index in [1.807, 2.05) is 30.3 Å². The molecule has 9 heteroatoms. The van der Waals surface area contributed by atoms with Gasteiger partial charge < -0.3 is 14.4 Å². The first-order chi connectivity index (χ1) is 17.5. The van der Waals surface area contributed by atoms with Gasteiger partial charge in [-0.05, 0) is 42.0 Å². The van der Waals surface area contributed by atoms with Crippen molar-refractivity contribution in [2.24, 2.45) is 0 Å². The Morgan fingerprint density at radius 1 is 1.11 bits per heavy atom. The SMILES string of the molecule is COc1ccc(-c2cc(C(=O)N(CCC#N)Cc3cccnc3)n(-c3ccccc3Cl)n2)c(OC)c1. The minimum Gasteiger partial charge on any atom is -0.497 e. The van der Waals surface area contributed by atoms with E-state index in [-0.39, 0.29) is 18.9 Å². The van der Waals surface area contributed by atoms with Crippen LogP contribution in [0.2, 0.25) is 5.02 Å². The van der Waals surface area contributed by atoms with Gasteiger partial charge in [-0.25, -0.2) is 4.68 Å². The molecule has 0 N–H and O–H groups in total. The summed E-state index contributed by atoms with van der Waals surface area (Å²) >= 11 is 6.50. The summed E-state index contributed by atoms with van der Waals surface area (Å²) in [6.45, 7) is 0.544. The lowest BCUT2D eigenvalue weighted by Crippen LogP contribution is -2.33. The Bertz CT molecular complexity index is 1400. The lowest BCUT2D eigenvalue weighted by atomic mass is 10.1. The first kappa shape index (κ1) is 24.8. The van der Waals surface area contributed by atoms with Crippen LogP contribution in [0.4, 0.5) is 0 Å². The molecular weight excluding hydrogens is 478 g/mol. The van der Waals surface area contributed by atoms with E-state index >= 15 is 0 Å². The Labute approximate surface area is 214 Å². The zero-order valence-corrected chi connectivity index (χ0v) is 20.6. The first-order valence-electron chi connectivity index (χ1n) is 11.2. The molecule has 0 aliphatic heterocycles. The number of rotatable bonds is 9. The van der Waals surface area contributed by atoms with Crippen LogP contribution >= 0.6 is 11.6 Å². The van der Waals surface area contributed by atoms with Crippen molar-refractivity contribution >= 4 is 17.5 Å². The summed E-state index contributed by atoms with van der Waals surface area (Å²) < 4.78 is 12.4. The quantitative estimate of drug-likeness (QED) is 0.314. The number of nitriles is 1. The standard InChI is InChI=1S/C27H24ClN5O3/c1-35-20-10-11-21(26(15-20)36-2)23-16-25(33(31-23)24-9-4-3-8-22(24)28)27(34)32(14-6-12-29)18-19-7-5-13-30-17-19/h3-5,7-11,13,15-17H,6,14,18H2,1-2H3. The summed E-state index contributed by atoms with van der Waals surface area (Å²) in [6.07, 6.45) is 3.56. The van der Waals surface area contributed by atoms with Gasteiger partial charge in [0.2, 0.25) is 0 Å². The molecule has 4 rings (SSSR count). The van der Waals surface area contributed by atoms with Gasteiger partial charge in [0.05, 0.1) is 43.1 Å². The molecule has 0 saturated heterocycles. The molecule has 0 fully saturated rings. The number of carbonyl (C=O) groups is 1. The second-order valence-corrected chi connectivity index (χ2v) is 8.25. The molecule has 0 radical (unpaired) electrons. The van der Waals surface area contributed by atoms with Crippen LogP contribution in [-0.4, -0.2) is 46.3 Å². The summed E-state index contributed by atoms with van der Waals surface area (Å²) in [5, 5.41) is 14.4. The van der Waals surface area contributed by atoms with Crippen LogP contribution in [-0.2, 0) is 6.54 Å². The average Bonchev–Trinajstić information content (AvgIpc) is 3.36. The molecule has 36 heavy (non-hydrogen) atoms. The second-order valence-electron chi connectivity index (χ2n) is 7.84. The highest BCUT2D eigenvalue weighted by molar-refractivity contribution is 6.32. The van der Waals surface area contributed by atoms with Crippen LogP contribution in [0.15, 0.2) is 73.1 Å². The molecule has 0 saturated carbocycles. The highest BCUT2D eigenvalue weighted by Gasteiger charge is 2.25. The Balaban J connectivity index is 1.83. The van der Waals surface area contributed by atoms with Gasteiger partial charge in [-0.1, -0.05) is 29.8 Å². The molecule has 2 aromatic heterocycles. The summed E-state index contributed by atoms with van der Waals surface area (Å²) in [6, 6.07) is 20.1. The molecule has 0 bridgehead atoms. The number of nitrogens with zero attached hydrogens (tertiary/aromatic N) is 5. The molecule has 8 nitrogen and oxygen atoms in total. The number of halogens is 1. The number of benzene rings is 2. The Morgan fingerprint density at radius 2 is 1.94 bits per heavy atom. The smallest absolute Gasteiger partial charge is 0.272 e. The van der Waals surface area contributed by atoms with E-state index in [1.165, 1.54) is 4.68 Å². The van der Waals surface area contributed by atoms with Gasteiger partial charge in [0.1, 0.15) is 17.2 Å². The van der Waals surface area contributed by atoms with Gasteiger partial charge in [0.15, 0.2) is 0 Å². The molecule has 0 unspecified atom stereocenters. The van der Waals surface area contributed by atoms with Gasteiger partial charge in [-0.2, -0.15) is 10.4 Å². The third-order valence-corrected chi connectivity index (χ3v) is 5.89. The van der Waals surface area contributed by atoms with Crippen molar-refractivity contribution in [3.63, 3.8) is 0 Å². The Hall–Kier alpha value is -4.35. The number of para-hydroxylation sites is 1. The van der Waals surface area contributed by atoms with Crippen LogP contribution < -0.4 is 9.47 Å². The highest BCUT2D eigenvalue weighted by Crippen LogP contribution is 2.34. The zero-order valence-electron chi connectivity index (χ0n) is 19.9. The normalized spacial score (nSPS) is 10.5. The molecule has 0 spiro atoms. The topological polar surface area (TPSA) is 93.3 Å². The fourth-order valence-corrected chi connectivity index (χ4v) is 4.01. The predicted octanol–water partition coefficient (Wildman–Crippen LogP) is 5.16. The number of amides is 1. The largest absolute Gasteiger partial charge is 0.497 e. The summed E-state index contributed by atoms with van der Waals surface area (Å²) in [5.74, 6) is 0.894. The second kappa shape index (κ2) is 11.4. The van der Waals surface area contributed by atoms with Crippen LogP contribution in [0.3, 0.4) is 0 Å². The number of hydrogen-bond acceptors (Lipinski definition) is 6. The van der Waals surface area contributed by atoms with Crippen molar-refractivity contribution in [3.8, 4) is 34.5 Å². The lowest BCUT2D eigenvalue weighted by molar-refractivity contribution is 0.0737. The minimum atomic E-state index is -0.291. The van der Waals surface area contributed by atoms with Gasteiger partial charge in [0, 0.05) is 37.1 Å². The van der Waals surface area contributed by atoms with E-state index in [0.29, 0.717) is 45.7 Å². The van der Waals surface area contributed by atoms with Crippen molar-refractivity contribution in [1.29, 1.82) is 5.26 Å². The third kappa shape index (κ3) is 5.32. The van der Waals surface area contributed by atoms with E-state index in [9.17, 15) is 10.1 Å². The molecule has 1 amide bonds. The summed E-state index contributed by atoms with van der Waals surface area (Å²) in [5.41, 5.74) is 2.93. The number of hydrogen-bond donors (Lipinski definition) is 0. The van der Waals surface area contributed by atoms with Crippen molar-refractivity contribution in [2.75, 3.05) is 20.8 Å². The van der Waals surface area contributed by atoms with E-state index < -0.39 is 0 Å². The van der Waals surface area contributed by atoms with E-state index in [2.05, 4.69) is 11.1 Å². The molecule has 182 valence electrons. The van der Waals surface area contributed by atoms with Crippen LogP contribution in [0.1, 0.15) is 22.5 Å². The van der Waals surface area contributed by atoms with Gasteiger partial charge in [0.25, 0.3) is 5.91 Å². The van der Waals surface area contributed by atoms with Crippen molar-refractivity contribution in [1.82, 2.24) is 19.7 Å². The lowest BCUT2D eigenvalue weighted by Gasteiger charge is -2.22. The maximum Gasteiger partial charge on any atom is 0.272 e. The number of pyridine rings is 1. The summed E-state index contributed by atoms with van der Waals surface area (Å²) in [4.78, 5) is 19.7. The predicted molar refractivity (Wildman–Crippen MR) is 136 cm³/mol. The van der Waals surface area contributed by atoms with Gasteiger partial charge in [-0.3, -0.25) is 9.78 Å². The molecular formula is C27H24ClN5O3. The number of ether oxygens (including phenoxy) is 2. The van der Waals surface area contributed by atoms with Gasteiger partial charge >= 0.3 is 0 Å².